The molecule has 0 aromatic heterocycles. The van der Waals surface area contributed by atoms with Crippen LogP contribution in [-0.4, -0.2) is 50.3 Å². The highest BCUT2D eigenvalue weighted by molar-refractivity contribution is 4.65. The van der Waals surface area contributed by atoms with Gasteiger partial charge in [0.25, 0.3) is 0 Å². The summed E-state index contributed by atoms with van der Waals surface area (Å²) in [6, 6.07) is 0. The number of hydrogen-bond acceptors (Lipinski definition) is 3. The molecule has 1 unspecified atom stereocenters. The van der Waals surface area contributed by atoms with E-state index in [0.717, 1.165) is 32.8 Å². The van der Waals surface area contributed by atoms with E-state index < -0.39 is 0 Å². The van der Waals surface area contributed by atoms with Gasteiger partial charge in [-0.2, -0.15) is 0 Å². The normalized spacial score (nSPS) is 20.8. The highest BCUT2D eigenvalue weighted by Crippen LogP contribution is 2.16. The van der Waals surface area contributed by atoms with Crippen molar-refractivity contribution in [1.82, 2.24) is 10.2 Å². The lowest BCUT2D eigenvalue weighted by Crippen LogP contribution is -2.32. The average molecular weight is 228 g/mol. The summed E-state index contributed by atoms with van der Waals surface area (Å²) in [6.07, 6.45) is 5.59. The van der Waals surface area contributed by atoms with Crippen LogP contribution in [0.1, 0.15) is 39.5 Å². The van der Waals surface area contributed by atoms with Crippen LogP contribution in [0.25, 0.3) is 0 Å². The maximum absolute atomic E-state index is 5.60. The lowest BCUT2D eigenvalue weighted by atomic mass is 10.1. The van der Waals surface area contributed by atoms with E-state index in [0.29, 0.717) is 6.10 Å². The van der Waals surface area contributed by atoms with Gasteiger partial charge in [0, 0.05) is 19.7 Å². The predicted octanol–water partition coefficient (Wildman–Crippen LogP) is 1.88. The van der Waals surface area contributed by atoms with Crippen molar-refractivity contribution in [2.75, 3.05) is 39.3 Å². The van der Waals surface area contributed by atoms with Gasteiger partial charge < -0.3 is 15.0 Å². The molecule has 1 heterocycles. The van der Waals surface area contributed by atoms with Crippen LogP contribution in [0.15, 0.2) is 0 Å². The molecule has 3 heteroatoms. The fourth-order valence-electron chi connectivity index (χ4n) is 2.23. The molecule has 0 aliphatic carbocycles. The molecule has 1 N–H and O–H groups in total. The van der Waals surface area contributed by atoms with Crippen LogP contribution in [0.5, 0.6) is 0 Å². The first-order valence-corrected chi connectivity index (χ1v) is 6.91. The highest BCUT2D eigenvalue weighted by atomic mass is 16.5. The number of nitrogens with one attached hydrogen (secondary N) is 1. The van der Waals surface area contributed by atoms with Gasteiger partial charge in [-0.05, 0) is 45.3 Å². The van der Waals surface area contributed by atoms with Gasteiger partial charge in [-0.3, -0.25) is 0 Å². The van der Waals surface area contributed by atoms with Crippen molar-refractivity contribution < 1.29 is 4.74 Å². The molecular weight excluding hydrogens is 200 g/mol. The van der Waals surface area contributed by atoms with E-state index in [9.17, 15) is 0 Å². The smallest absolute Gasteiger partial charge is 0.0576 e. The topological polar surface area (TPSA) is 24.5 Å². The Hall–Kier alpha value is -0.120. The SMILES string of the molecule is CCN(CC)CCNCCCC1CCCO1. The highest BCUT2D eigenvalue weighted by Gasteiger charge is 2.14. The first-order valence-electron chi connectivity index (χ1n) is 6.91. The Kier molecular flexibility index (Phi) is 7.81. The summed E-state index contributed by atoms with van der Waals surface area (Å²) in [5.41, 5.74) is 0. The fourth-order valence-corrected chi connectivity index (χ4v) is 2.23. The van der Waals surface area contributed by atoms with Crippen molar-refractivity contribution in [3.63, 3.8) is 0 Å². The molecule has 0 aromatic rings. The molecule has 96 valence electrons. The van der Waals surface area contributed by atoms with E-state index in [-0.39, 0.29) is 0 Å². The zero-order valence-corrected chi connectivity index (χ0v) is 11.0. The Morgan fingerprint density at radius 2 is 2.06 bits per heavy atom. The van der Waals surface area contributed by atoms with E-state index in [1.165, 1.54) is 32.2 Å². The zero-order chi connectivity index (χ0) is 11.6. The van der Waals surface area contributed by atoms with E-state index in [1.807, 2.05) is 0 Å². The third-order valence-electron chi connectivity index (χ3n) is 3.40. The van der Waals surface area contributed by atoms with E-state index in [2.05, 4.69) is 24.1 Å². The van der Waals surface area contributed by atoms with Crippen LogP contribution < -0.4 is 5.32 Å². The zero-order valence-electron chi connectivity index (χ0n) is 11.0. The van der Waals surface area contributed by atoms with Crippen LogP contribution in [0.4, 0.5) is 0 Å². The Balaban J connectivity index is 1.84. The van der Waals surface area contributed by atoms with Crippen LogP contribution in [0.2, 0.25) is 0 Å². The Morgan fingerprint density at radius 3 is 2.69 bits per heavy atom. The maximum atomic E-state index is 5.60. The molecule has 3 nitrogen and oxygen atoms in total. The molecular formula is C13H28N2O. The summed E-state index contributed by atoms with van der Waals surface area (Å²) in [5, 5.41) is 3.51. The minimum absolute atomic E-state index is 0.560. The second-order valence-electron chi connectivity index (χ2n) is 4.55. The van der Waals surface area contributed by atoms with Crippen LogP contribution in [-0.2, 0) is 4.74 Å². The average Bonchev–Trinajstić information content (AvgIpc) is 2.81. The summed E-state index contributed by atoms with van der Waals surface area (Å²) in [6.45, 7) is 11.2. The standard InChI is InChI=1S/C13H28N2O/c1-3-15(4-2)11-10-14-9-5-7-13-8-6-12-16-13/h13-14H,3-12H2,1-2H3. The van der Waals surface area contributed by atoms with Crippen molar-refractivity contribution in [3.05, 3.63) is 0 Å². The van der Waals surface area contributed by atoms with Gasteiger partial charge in [-0.25, -0.2) is 0 Å². The third-order valence-corrected chi connectivity index (χ3v) is 3.40. The van der Waals surface area contributed by atoms with Crippen LogP contribution in [0, 0.1) is 0 Å². The van der Waals surface area contributed by atoms with E-state index in [1.54, 1.807) is 0 Å². The van der Waals surface area contributed by atoms with Crippen LogP contribution in [0.3, 0.4) is 0 Å². The molecule has 0 aromatic carbocycles. The quantitative estimate of drug-likeness (QED) is 0.610. The number of likely N-dealkylation sites (N-methyl/N-ethyl adjacent to an activating group) is 1. The Morgan fingerprint density at radius 1 is 1.25 bits per heavy atom. The Labute approximate surface area is 101 Å². The lowest BCUT2D eigenvalue weighted by molar-refractivity contribution is 0.102. The molecule has 0 amide bonds. The maximum Gasteiger partial charge on any atom is 0.0576 e. The molecule has 0 spiro atoms. The molecule has 0 radical (unpaired) electrons. The minimum atomic E-state index is 0.560. The summed E-state index contributed by atoms with van der Waals surface area (Å²) < 4.78 is 5.60. The van der Waals surface area contributed by atoms with Crippen LogP contribution >= 0.6 is 0 Å². The molecule has 1 aliphatic rings. The third kappa shape index (κ3) is 5.83. The summed E-state index contributed by atoms with van der Waals surface area (Å²) in [5.74, 6) is 0. The Bertz CT molecular complexity index is 148. The van der Waals surface area contributed by atoms with Gasteiger partial charge in [0.2, 0.25) is 0 Å². The van der Waals surface area contributed by atoms with Gasteiger partial charge >= 0.3 is 0 Å². The van der Waals surface area contributed by atoms with Gasteiger partial charge in [0.15, 0.2) is 0 Å². The first kappa shape index (κ1) is 13.9. The molecule has 0 bridgehead atoms. The largest absolute Gasteiger partial charge is 0.378 e. The minimum Gasteiger partial charge on any atom is -0.378 e. The molecule has 1 saturated heterocycles. The molecule has 1 rings (SSSR count). The number of hydrogen-bond donors (Lipinski definition) is 1. The molecule has 1 aliphatic heterocycles. The van der Waals surface area contributed by atoms with E-state index >= 15 is 0 Å². The second kappa shape index (κ2) is 8.97. The number of rotatable bonds is 9. The van der Waals surface area contributed by atoms with Crippen molar-refractivity contribution in [2.45, 2.75) is 45.6 Å². The monoisotopic (exact) mass is 228 g/mol. The summed E-state index contributed by atoms with van der Waals surface area (Å²) in [4.78, 5) is 2.45. The number of ether oxygens (including phenoxy) is 1. The fraction of sp³-hybridized carbons (Fsp3) is 1.00. The molecule has 1 atom stereocenters. The predicted molar refractivity (Wildman–Crippen MR) is 68.9 cm³/mol. The summed E-state index contributed by atoms with van der Waals surface area (Å²) in [7, 11) is 0. The van der Waals surface area contributed by atoms with Crippen molar-refractivity contribution >= 4 is 0 Å². The van der Waals surface area contributed by atoms with Gasteiger partial charge in [-0.1, -0.05) is 13.8 Å². The number of nitrogens with zero attached hydrogens (tertiary/aromatic N) is 1. The first-order chi connectivity index (χ1) is 7.86. The van der Waals surface area contributed by atoms with E-state index in [4.69, 9.17) is 4.74 Å². The molecule has 0 saturated carbocycles. The van der Waals surface area contributed by atoms with Crippen molar-refractivity contribution in [2.24, 2.45) is 0 Å². The molecule has 16 heavy (non-hydrogen) atoms. The van der Waals surface area contributed by atoms with Crippen molar-refractivity contribution in [3.8, 4) is 0 Å². The molecule has 1 fully saturated rings. The summed E-state index contributed by atoms with van der Waals surface area (Å²) >= 11 is 0. The van der Waals surface area contributed by atoms with Gasteiger partial charge in [-0.15, -0.1) is 0 Å². The van der Waals surface area contributed by atoms with Gasteiger partial charge in [0.1, 0.15) is 0 Å². The lowest BCUT2D eigenvalue weighted by Gasteiger charge is -2.18. The second-order valence-corrected chi connectivity index (χ2v) is 4.55. The van der Waals surface area contributed by atoms with Crippen molar-refractivity contribution in [1.29, 1.82) is 0 Å². The van der Waals surface area contributed by atoms with Gasteiger partial charge in [0.05, 0.1) is 6.10 Å².